The fraction of sp³-hybridized carbons (Fsp3) is 0.520. The number of rotatable bonds is 23. The maximum absolute atomic E-state index is 13.0. The average Bonchev–Trinajstić information content (AvgIpc) is 2.97. The van der Waals surface area contributed by atoms with Gasteiger partial charge in [-0.25, -0.2) is 0 Å². The Morgan fingerprint density at radius 3 is 0.780 bits per heavy atom. The van der Waals surface area contributed by atoms with Gasteiger partial charge in [-0.2, -0.15) is 0 Å². The van der Waals surface area contributed by atoms with Crippen LogP contribution >= 0.6 is 0 Å². The van der Waals surface area contributed by atoms with Crippen molar-refractivity contribution >= 4 is 71.3 Å². The fourth-order valence-electron chi connectivity index (χ4n) is 3.74. The number of carbonyl (C=O) groups excluding carboxylic acids is 6. The van der Waals surface area contributed by atoms with Crippen molar-refractivity contribution in [3.63, 3.8) is 0 Å². The predicted octanol–water partition coefficient (Wildman–Crippen LogP) is -6.67. The quantitative estimate of drug-likeness (QED) is 0.0466. The maximum Gasteiger partial charge on any atom is 0.305 e. The zero-order valence-electron chi connectivity index (χ0n) is 25.9. The van der Waals surface area contributed by atoms with Gasteiger partial charge in [-0.3, -0.25) is 57.5 Å². The number of nitrogens with two attached hydrogens (primary N) is 1. The molecule has 0 aliphatic heterocycles. The number of likely N-dealkylation sites (N-methyl/N-ethyl adjacent to an activating group) is 1. The molecule has 0 aliphatic rings. The van der Waals surface area contributed by atoms with Gasteiger partial charge in [-0.05, 0) is 0 Å². The lowest BCUT2D eigenvalue weighted by Crippen LogP contribution is -2.60. The molecule has 25 heteroatoms. The Hall–Kier alpha value is -6.40. The van der Waals surface area contributed by atoms with E-state index in [2.05, 4.69) is 5.32 Å². The third-order valence-electron chi connectivity index (χ3n) is 6.04. The van der Waals surface area contributed by atoms with Crippen LogP contribution in [0.1, 0.15) is 38.5 Å². The van der Waals surface area contributed by atoms with Crippen LogP contribution in [0.3, 0.4) is 0 Å². The van der Waals surface area contributed by atoms with Crippen molar-refractivity contribution in [2.45, 2.75) is 74.8 Å². The first-order valence-electron chi connectivity index (χ1n) is 13.9. The largest absolute Gasteiger partial charge is 0.481 e. The highest BCUT2D eigenvalue weighted by Crippen LogP contribution is 2.05. The van der Waals surface area contributed by atoms with Crippen molar-refractivity contribution in [3.8, 4) is 0 Å². The summed E-state index contributed by atoms with van der Waals surface area (Å²) in [6, 6.07) is -12.2. The van der Waals surface area contributed by atoms with Gasteiger partial charge >= 0.3 is 35.8 Å². The van der Waals surface area contributed by atoms with Crippen molar-refractivity contribution < 1.29 is 88.2 Å². The topological polar surface area (TPSA) is 424 Å². The molecule has 0 unspecified atom stereocenters. The minimum Gasteiger partial charge on any atom is -0.481 e. The lowest BCUT2D eigenvalue weighted by atomic mass is 10.1. The van der Waals surface area contributed by atoms with E-state index in [4.69, 9.17) is 21.1 Å². The zero-order chi connectivity index (χ0) is 38.9. The zero-order valence-corrected chi connectivity index (χ0v) is 25.9. The van der Waals surface area contributed by atoms with Crippen molar-refractivity contribution in [2.75, 3.05) is 7.05 Å². The Bertz CT molecular complexity index is 1380. The van der Waals surface area contributed by atoms with Crippen molar-refractivity contribution in [2.24, 2.45) is 5.73 Å². The molecule has 14 N–H and O–H groups in total. The van der Waals surface area contributed by atoms with Gasteiger partial charge in [0.25, 0.3) is 0 Å². The van der Waals surface area contributed by atoms with E-state index in [-0.39, 0.29) is 0 Å². The van der Waals surface area contributed by atoms with Crippen molar-refractivity contribution in [3.05, 3.63) is 0 Å². The summed E-state index contributed by atoms with van der Waals surface area (Å²) in [5, 5.41) is 65.9. The molecule has 0 aromatic carbocycles. The molecular formula is C25H35N7O18. The summed E-state index contributed by atoms with van der Waals surface area (Å²) >= 11 is 0. The minimum absolute atomic E-state index is 0.948. The summed E-state index contributed by atoms with van der Waals surface area (Å²) < 4.78 is 0. The Labute approximate surface area is 279 Å². The molecule has 25 nitrogen and oxygen atoms in total. The van der Waals surface area contributed by atoms with E-state index in [1.54, 1.807) is 10.6 Å². The number of nitrogens with one attached hydrogen (secondary N) is 6. The third-order valence-corrected chi connectivity index (χ3v) is 6.04. The van der Waals surface area contributed by atoms with E-state index in [0.717, 1.165) is 7.05 Å². The van der Waals surface area contributed by atoms with Gasteiger partial charge < -0.3 is 68.3 Å². The highest BCUT2D eigenvalue weighted by atomic mass is 16.4. The summed E-state index contributed by atoms with van der Waals surface area (Å²) in [6.07, 6.45) is -6.94. The van der Waals surface area contributed by atoms with Crippen molar-refractivity contribution in [1.82, 2.24) is 31.9 Å². The number of aliphatic carboxylic acids is 6. The molecule has 0 saturated carbocycles. The first kappa shape index (κ1) is 43.6. The number of carbonyl (C=O) groups is 12. The summed E-state index contributed by atoms with van der Waals surface area (Å²) in [7, 11) is 1.08. The number of carboxylic acids is 6. The molecule has 0 aromatic rings. The molecule has 0 saturated heterocycles. The normalized spacial score (nSPS) is 14.0. The van der Waals surface area contributed by atoms with Crippen LogP contribution in [0.5, 0.6) is 0 Å². The molecule has 0 spiro atoms. The van der Waals surface area contributed by atoms with E-state index in [1.165, 1.54) is 0 Å². The van der Waals surface area contributed by atoms with Crippen LogP contribution in [0.25, 0.3) is 0 Å². The van der Waals surface area contributed by atoms with E-state index >= 15 is 0 Å². The molecule has 50 heavy (non-hydrogen) atoms. The Morgan fingerprint density at radius 1 is 0.380 bits per heavy atom. The Morgan fingerprint density at radius 2 is 0.580 bits per heavy atom. The Kier molecular flexibility index (Phi) is 18.1. The van der Waals surface area contributed by atoms with Crippen LogP contribution in [0.4, 0.5) is 0 Å². The second-order valence-electron chi connectivity index (χ2n) is 10.1. The second kappa shape index (κ2) is 20.8. The van der Waals surface area contributed by atoms with Crippen LogP contribution in [0, 0.1) is 0 Å². The predicted molar refractivity (Wildman–Crippen MR) is 155 cm³/mol. The average molecular weight is 722 g/mol. The lowest BCUT2D eigenvalue weighted by Gasteiger charge is -2.25. The molecule has 0 aromatic heterocycles. The fourth-order valence-corrected chi connectivity index (χ4v) is 3.74. The van der Waals surface area contributed by atoms with Gasteiger partial charge in [0, 0.05) is 7.05 Å². The van der Waals surface area contributed by atoms with Crippen LogP contribution in [-0.4, -0.2) is 145 Å². The van der Waals surface area contributed by atoms with Crippen LogP contribution in [0.2, 0.25) is 0 Å². The second-order valence-corrected chi connectivity index (χ2v) is 10.1. The smallest absolute Gasteiger partial charge is 0.305 e. The highest BCUT2D eigenvalue weighted by molar-refractivity contribution is 6.00. The van der Waals surface area contributed by atoms with E-state index in [9.17, 15) is 72.9 Å². The number of hydrogen-bond acceptors (Lipinski definition) is 13. The van der Waals surface area contributed by atoms with Crippen LogP contribution in [0.15, 0.2) is 0 Å². The van der Waals surface area contributed by atoms with Gasteiger partial charge in [0.2, 0.25) is 35.4 Å². The summed E-state index contributed by atoms with van der Waals surface area (Å²) in [5.41, 5.74) is 5.38. The standard InChI is InChI=1S/C25H35N7O18/c1-27-21(46)9(3-15(35)36)29-23(48)11(5-17(39)40)31-25(50)13(7-19(43)44)32-24(49)12(6-18(41)42)30-22(47)10(4-16(37)38)28-20(45)8(26)2-14(33)34/h8-13H,2-7,26H2,1H3,(H,27,46)(H,28,45)(H,29,48)(H,30,47)(H,31,50)(H,32,49)(H,33,34)(H,35,36)(H,37,38)(H,39,40)(H,41,42)(H,43,44)/t8-,9-,10-,11-,12-,13-/m0/s1. The van der Waals surface area contributed by atoms with Crippen molar-refractivity contribution in [1.29, 1.82) is 0 Å². The number of carboxylic acid groups (broad SMARTS) is 6. The monoisotopic (exact) mass is 721 g/mol. The van der Waals surface area contributed by atoms with Gasteiger partial charge in [-0.15, -0.1) is 0 Å². The molecule has 0 radical (unpaired) electrons. The van der Waals surface area contributed by atoms with Crippen LogP contribution < -0.4 is 37.6 Å². The molecule has 6 atom stereocenters. The molecule has 278 valence electrons. The third kappa shape index (κ3) is 17.0. The highest BCUT2D eigenvalue weighted by Gasteiger charge is 2.36. The van der Waals surface area contributed by atoms with E-state index < -0.39 is 146 Å². The summed E-state index contributed by atoms with van der Waals surface area (Å²) in [5.74, 6) is -18.6. The molecule has 0 aliphatic carbocycles. The molecule has 0 fully saturated rings. The summed E-state index contributed by atoms with van der Waals surface area (Å²) in [6.45, 7) is 0. The van der Waals surface area contributed by atoms with Gasteiger partial charge in [0.05, 0.1) is 44.6 Å². The number of amides is 6. The SMILES string of the molecule is CNC(=O)[C@H](CC(=O)O)NC(=O)[C@H](CC(=O)O)NC(=O)[C@H](CC(=O)O)NC(=O)[C@H](CC(=O)O)NC(=O)[C@H](CC(=O)O)NC(=O)[C@@H](N)CC(=O)O. The molecule has 6 amide bonds. The maximum atomic E-state index is 13.0. The van der Waals surface area contributed by atoms with Gasteiger partial charge in [-0.1, -0.05) is 0 Å². The first-order valence-corrected chi connectivity index (χ1v) is 13.9. The minimum atomic E-state index is -2.23. The van der Waals surface area contributed by atoms with E-state index in [1.807, 2.05) is 16.0 Å². The molecular weight excluding hydrogens is 686 g/mol. The number of hydrogen-bond donors (Lipinski definition) is 13. The van der Waals surface area contributed by atoms with Gasteiger partial charge in [0.1, 0.15) is 30.2 Å². The molecule has 0 bridgehead atoms. The van der Waals surface area contributed by atoms with Gasteiger partial charge in [0.15, 0.2) is 0 Å². The molecule has 0 heterocycles. The Balaban J connectivity index is 6.24. The lowest BCUT2D eigenvalue weighted by molar-refractivity contribution is -0.145. The summed E-state index contributed by atoms with van der Waals surface area (Å²) in [4.78, 5) is 143. The first-order chi connectivity index (χ1) is 23.1. The van der Waals surface area contributed by atoms with E-state index in [0.29, 0.717) is 0 Å². The van der Waals surface area contributed by atoms with Crippen LogP contribution in [-0.2, 0) is 57.5 Å². The molecule has 0 rings (SSSR count).